The summed E-state index contributed by atoms with van der Waals surface area (Å²) in [5.41, 5.74) is -0.241. The summed E-state index contributed by atoms with van der Waals surface area (Å²) >= 11 is 0. The summed E-state index contributed by atoms with van der Waals surface area (Å²) < 4.78 is 24.0. The van der Waals surface area contributed by atoms with Crippen LogP contribution >= 0.6 is 12.4 Å². The van der Waals surface area contributed by atoms with Gasteiger partial charge in [-0.15, -0.1) is 12.4 Å². The molecule has 1 aliphatic heterocycles. The van der Waals surface area contributed by atoms with Gasteiger partial charge in [0, 0.05) is 19.7 Å². The molecule has 7 heteroatoms. The molecule has 1 heterocycles. The van der Waals surface area contributed by atoms with Crippen molar-refractivity contribution in [3.05, 3.63) is 29.6 Å². The fourth-order valence-electron chi connectivity index (χ4n) is 2.62. The second-order valence-electron chi connectivity index (χ2n) is 5.27. The van der Waals surface area contributed by atoms with Crippen LogP contribution in [0.4, 0.5) is 4.39 Å². The summed E-state index contributed by atoms with van der Waals surface area (Å²) in [5.74, 6) is -0.635. The Balaban J connectivity index is 0.00000242. The van der Waals surface area contributed by atoms with E-state index in [1.54, 1.807) is 13.2 Å². The first kappa shape index (κ1) is 18.7. The van der Waals surface area contributed by atoms with Crippen LogP contribution in [0, 0.1) is 5.82 Å². The maximum Gasteiger partial charge on any atom is 0.254 e. The van der Waals surface area contributed by atoms with Gasteiger partial charge < -0.3 is 20.1 Å². The van der Waals surface area contributed by atoms with Gasteiger partial charge in [-0.05, 0) is 31.5 Å². The van der Waals surface area contributed by atoms with Crippen LogP contribution in [0.2, 0.25) is 0 Å². The average molecular weight is 333 g/mol. The third-order valence-corrected chi connectivity index (χ3v) is 3.76. The predicted octanol–water partition coefficient (Wildman–Crippen LogP) is 1.75. The van der Waals surface area contributed by atoms with Gasteiger partial charge in [-0.1, -0.05) is 0 Å². The average Bonchev–Trinajstić information content (AvgIpc) is 2.94. The molecular weight excluding hydrogens is 311 g/mol. The molecule has 0 bridgehead atoms. The van der Waals surface area contributed by atoms with E-state index in [-0.39, 0.29) is 23.5 Å². The lowest BCUT2D eigenvalue weighted by Gasteiger charge is -2.29. The molecule has 22 heavy (non-hydrogen) atoms. The number of nitrogens with one attached hydrogen (secondary N) is 2. The first-order valence-electron chi connectivity index (χ1n) is 6.96. The molecule has 0 spiro atoms. The van der Waals surface area contributed by atoms with Crippen LogP contribution in [0.15, 0.2) is 18.2 Å². The molecule has 124 valence electrons. The highest BCUT2D eigenvalue weighted by Gasteiger charge is 2.34. The standard InChI is InChI=1S/C15H21FN2O3.ClH/c1-20-10-15(6-3-7-18-15)9-17-14(19)12-5-4-11(21-2)8-13(12)16;/h4-5,8,18H,3,6-7,9-10H2,1-2H3,(H,17,19);1H. The molecule has 0 aliphatic carbocycles. The van der Waals surface area contributed by atoms with Crippen molar-refractivity contribution in [3.8, 4) is 5.75 Å². The highest BCUT2D eigenvalue weighted by atomic mass is 35.5. The predicted molar refractivity (Wildman–Crippen MR) is 84.4 cm³/mol. The largest absolute Gasteiger partial charge is 0.497 e. The Kier molecular flexibility index (Phi) is 7.06. The molecular formula is C15H22ClFN2O3. The van der Waals surface area contributed by atoms with Crippen molar-refractivity contribution in [3.63, 3.8) is 0 Å². The maximum absolute atomic E-state index is 13.9. The van der Waals surface area contributed by atoms with E-state index in [0.29, 0.717) is 18.9 Å². The molecule has 1 aromatic carbocycles. The van der Waals surface area contributed by atoms with E-state index in [2.05, 4.69) is 10.6 Å². The Hall–Kier alpha value is -1.37. The van der Waals surface area contributed by atoms with Gasteiger partial charge in [0.2, 0.25) is 0 Å². The van der Waals surface area contributed by atoms with E-state index < -0.39 is 11.7 Å². The third kappa shape index (κ3) is 4.32. The number of methoxy groups -OCH3 is 2. The van der Waals surface area contributed by atoms with Crippen LogP contribution in [-0.2, 0) is 4.74 Å². The summed E-state index contributed by atoms with van der Waals surface area (Å²) in [6.45, 7) is 1.82. The molecule has 1 aliphatic rings. The lowest BCUT2D eigenvalue weighted by molar-refractivity contribution is 0.0888. The Morgan fingerprint density at radius 3 is 2.77 bits per heavy atom. The summed E-state index contributed by atoms with van der Waals surface area (Å²) in [7, 11) is 3.08. The van der Waals surface area contributed by atoms with Crippen LogP contribution in [0.25, 0.3) is 0 Å². The van der Waals surface area contributed by atoms with Crippen molar-refractivity contribution in [2.24, 2.45) is 0 Å². The highest BCUT2D eigenvalue weighted by molar-refractivity contribution is 5.94. The summed E-state index contributed by atoms with van der Waals surface area (Å²) in [4.78, 5) is 12.1. The molecule has 0 radical (unpaired) electrons. The Morgan fingerprint density at radius 1 is 1.45 bits per heavy atom. The summed E-state index contributed by atoms with van der Waals surface area (Å²) in [6, 6.07) is 4.19. The Morgan fingerprint density at radius 2 is 2.23 bits per heavy atom. The Labute approximate surface area is 136 Å². The van der Waals surface area contributed by atoms with Crippen LogP contribution in [-0.4, -0.2) is 45.4 Å². The molecule has 5 nitrogen and oxygen atoms in total. The lowest BCUT2D eigenvalue weighted by atomic mass is 9.98. The van der Waals surface area contributed by atoms with E-state index >= 15 is 0 Å². The van der Waals surface area contributed by atoms with E-state index in [1.807, 2.05) is 0 Å². The van der Waals surface area contributed by atoms with Gasteiger partial charge in [-0.3, -0.25) is 4.79 Å². The molecule has 0 aromatic heterocycles. The zero-order valence-corrected chi connectivity index (χ0v) is 13.6. The Bertz CT molecular complexity index is 508. The summed E-state index contributed by atoms with van der Waals surface area (Å²) in [6.07, 6.45) is 1.96. The molecule has 2 rings (SSSR count). The summed E-state index contributed by atoms with van der Waals surface area (Å²) in [5, 5.41) is 6.14. The van der Waals surface area contributed by atoms with E-state index in [1.165, 1.54) is 19.2 Å². The fourth-order valence-corrected chi connectivity index (χ4v) is 2.62. The molecule has 1 atom stereocenters. The number of amides is 1. The smallest absolute Gasteiger partial charge is 0.254 e. The van der Waals surface area contributed by atoms with Crippen molar-refractivity contribution >= 4 is 18.3 Å². The van der Waals surface area contributed by atoms with Crippen molar-refractivity contribution < 1.29 is 18.7 Å². The van der Waals surface area contributed by atoms with Crippen LogP contribution in [0.1, 0.15) is 23.2 Å². The molecule has 1 unspecified atom stereocenters. The van der Waals surface area contributed by atoms with Crippen LogP contribution in [0.5, 0.6) is 5.75 Å². The van der Waals surface area contributed by atoms with E-state index in [9.17, 15) is 9.18 Å². The number of carbonyl (C=O) groups excluding carboxylic acids is 1. The lowest BCUT2D eigenvalue weighted by Crippen LogP contribution is -2.53. The molecule has 1 aromatic rings. The van der Waals surface area contributed by atoms with Crippen molar-refractivity contribution in [2.45, 2.75) is 18.4 Å². The van der Waals surface area contributed by atoms with E-state index in [4.69, 9.17) is 9.47 Å². The fraction of sp³-hybridized carbons (Fsp3) is 0.533. The molecule has 1 saturated heterocycles. The van der Waals surface area contributed by atoms with Crippen molar-refractivity contribution in [1.29, 1.82) is 0 Å². The minimum atomic E-state index is -0.591. The zero-order valence-electron chi connectivity index (χ0n) is 12.8. The van der Waals surface area contributed by atoms with Gasteiger partial charge in [-0.2, -0.15) is 0 Å². The van der Waals surface area contributed by atoms with Crippen molar-refractivity contribution in [1.82, 2.24) is 10.6 Å². The highest BCUT2D eigenvalue weighted by Crippen LogP contribution is 2.20. The van der Waals surface area contributed by atoms with E-state index in [0.717, 1.165) is 19.4 Å². The SMILES string of the molecule is COCC1(CNC(=O)c2ccc(OC)cc2F)CCCN1.Cl. The number of carbonyl (C=O) groups is 1. The topological polar surface area (TPSA) is 59.6 Å². The van der Waals surface area contributed by atoms with Gasteiger partial charge in [-0.25, -0.2) is 4.39 Å². The number of halogens is 2. The number of benzene rings is 1. The minimum absolute atomic E-state index is 0. The van der Waals surface area contributed by atoms with Gasteiger partial charge in [0.25, 0.3) is 5.91 Å². The molecule has 2 N–H and O–H groups in total. The van der Waals surface area contributed by atoms with Gasteiger partial charge in [0.1, 0.15) is 11.6 Å². The number of ether oxygens (including phenoxy) is 2. The normalized spacial score (nSPS) is 20.3. The number of hydrogen-bond acceptors (Lipinski definition) is 4. The van der Waals surface area contributed by atoms with Crippen molar-refractivity contribution in [2.75, 3.05) is 33.9 Å². The van der Waals surface area contributed by atoms with Gasteiger partial charge in [0.15, 0.2) is 0 Å². The van der Waals surface area contributed by atoms with Crippen LogP contribution in [0.3, 0.4) is 0 Å². The number of rotatable bonds is 6. The minimum Gasteiger partial charge on any atom is -0.497 e. The quantitative estimate of drug-likeness (QED) is 0.833. The maximum atomic E-state index is 13.9. The number of hydrogen-bond donors (Lipinski definition) is 2. The van der Waals surface area contributed by atoms with Gasteiger partial charge >= 0.3 is 0 Å². The second kappa shape index (κ2) is 8.31. The molecule has 1 amide bonds. The van der Waals surface area contributed by atoms with Gasteiger partial charge in [0.05, 0.1) is 24.8 Å². The van der Waals surface area contributed by atoms with Crippen LogP contribution < -0.4 is 15.4 Å². The first-order chi connectivity index (χ1) is 10.1. The molecule has 0 saturated carbocycles. The monoisotopic (exact) mass is 332 g/mol. The third-order valence-electron chi connectivity index (χ3n) is 3.76. The molecule has 1 fully saturated rings. The first-order valence-corrected chi connectivity index (χ1v) is 6.96. The zero-order chi connectivity index (χ0) is 15.3. The second-order valence-corrected chi connectivity index (χ2v) is 5.27.